The molecule has 1 fully saturated rings. The van der Waals surface area contributed by atoms with Crippen molar-refractivity contribution < 1.29 is 9.53 Å². The number of hydrogen-bond donors (Lipinski definition) is 2. The Balaban J connectivity index is 2.28. The molecule has 88 valence electrons. The van der Waals surface area contributed by atoms with Gasteiger partial charge in [-0.25, -0.2) is 0 Å². The fourth-order valence-corrected chi connectivity index (χ4v) is 2.17. The normalized spacial score (nSPS) is 19.1. The molecule has 0 bridgehead atoms. The smallest absolute Gasteiger partial charge is 0.246 e. The quantitative estimate of drug-likeness (QED) is 0.682. The van der Waals surface area contributed by atoms with Gasteiger partial charge in [0.25, 0.3) is 0 Å². The standard InChI is InChI=1S/C11H22N2O2/c1-2-15-8-11(14)13-10(7-12)9-5-3-4-6-9/h9-10H,2-8,12H2,1H3,(H,13,14). The maximum Gasteiger partial charge on any atom is 0.246 e. The summed E-state index contributed by atoms with van der Waals surface area (Å²) in [6, 6.07) is 0.139. The number of carbonyl (C=O) groups excluding carboxylic acids is 1. The second-order valence-electron chi connectivity index (χ2n) is 4.09. The van der Waals surface area contributed by atoms with Gasteiger partial charge in [0.2, 0.25) is 5.91 Å². The molecular weight excluding hydrogens is 192 g/mol. The highest BCUT2D eigenvalue weighted by Crippen LogP contribution is 2.27. The van der Waals surface area contributed by atoms with Crippen LogP contribution in [0.15, 0.2) is 0 Å². The van der Waals surface area contributed by atoms with Gasteiger partial charge in [-0.05, 0) is 25.7 Å². The van der Waals surface area contributed by atoms with Crippen molar-refractivity contribution in [2.24, 2.45) is 11.7 Å². The van der Waals surface area contributed by atoms with E-state index in [1.165, 1.54) is 25.7 Å². The van der Waals surface area contributed by atoms with Crippen LogP contribution >= 0.6 is 0 Å². The molecule has 0 heterocycles. The Morgan fingerprint density at radius 3 is 2.73 bits per heavy atom. The Kier molecular flexibility index (Phi) is 5.65. The highest BCUT2D eigenvalue weighted by Gasteiger charge is 2.24. The number of nitrogens with two attached hydrogens (primary N) is 1. The van der Waals surface area contributed by atoms with E-state index in [1.807, 2.05) is 6.92 Å². The Morgan fingerprint density at radius 1 is 1.53 bits per heavy atom. The van der Waals surface area contributed by atoms with E-state index in [0.29, 0.717) is 19.1 Å². The Bertz CT molecular complexity index is 191. The number of hydrogen-bond acceptors (Lipinski definition) is 3. The van der Waals surface area contributed by atoms with E-state index in [-0.39, 0.29) is 18.6 Å². The molecule has 3 N–H and O–H groups in total. The van der Waals surface area contributed by atoms with E-state index in [0.717, 1.165) is 0 Å². The minimum Gasteiger partial charge on any atom is -0.372 e. The number of carbonyl (C=O) groups is 1. The SMILES string of the molecule is CCOCC(=O)NC(CN)C1CCCC1. The maximum absolute atomic E-state index is 11.4. The maximum atomic E-state index is 11.4. The third-order valence-electron chi connectivity index (χ3n) is 3.01. The molecule has 15 heavy (non-hydrogen) atoms. The van der Waals surface area contributed by atoms with Gasteiger partial charge >= 0.3 is 0 Å². The summed E-state index contributed by atoms with van der Waals surface area (Å²) in [4.78, 5) is 11.4. The third kappa shape index (κ3) is 4.18. The number of amides is 1. The molecule has 0 aliphatic heterocycles. The van der Waals surface area contributed by atoms with Crippen molar-refractivity contribution in [3.63, 3.8) is 0 Å². The van der Waals surface area contributed by atoms with Crippen LogP contribution in [0.2, 0.25) is 0 Å². The molecule has 1 saturated carbocycles. The molecule has 4 nitrogen and oxygen atoms in total. The van der Waals surface area contributed by atoms with Crippen molar-refractivity contribution in [2.45, 2.75) is 38.6 Å². The summed E-state index contributed by atoms with van der Waals surface area (Å²) < 4.78 is 5.05. The van der Waals surface area contributed by atoms with Crippen LogP contribution in [0.1, 0.15) is 32.6 Å². The molecular formula is C11H22N2O2. The van der Waals surface area contributed by atoms with E-state index in [4.69, 9.17) is 10.5 Å². The van der Waals surface area contributed by atoms with E-state index < -0.39 is 0 Å². The van der Waals surface area contributed by atoms with Gasteiger partial charge < -0.3 is 15.8 Å². The van der Waals surface area contributed by atoms with Crippen LogP contribution in [0.4, 0.5) is 0 Å². The molecule has 1 aliphatic rings. The monoisotopic (exact) mass is 214 g/mol. The van der Waals surface area contributed by atoms with E-state index in [2.05, 4.69) is 5.32 Å². The van der Waals surface area contributed by atoms with Crippen LogP contribution in [-0.2, 0) is 9.53 Å². The van der Waals surface area contributed by atoms with Crippen molar-refractivity contribution in [1.29, 1.82) is 0 Å². The molecule has 0 aromatic heterocycles. The van der Waals surface area contributed by atoms with Gasteiger partial charge in [0.15, 0.2) is 0 Å². The zero-order valence-electron chi connectivity index (χ0n) is 9.50. The molecule has 1 aliphatic carbocycles. The lowest BCUT2D eigenvalue weighted by Crippen LogP contribution is -2.45. The van der Waals surface area contributed by atoms with Crippen molar-refractivity contribution in [2.75, 3.05) is 19.8 Å². The molecule has 0 aromatic carbocycles. The number of ether oxygens (including phenoxy) is 1. The average Bonchev–Trinajstić information content (AvgIpc) is 2.76. The molecule has 1 unspecified atom stereocenters. The Hall–Kier alpha value is -0.610. The van der Waals surface area contributed by atoms with Gasteiger partial charge in [-0.2, -0.15) is 0 Å². The van der Waals surface area contributed by atoms with Crippen LogP contribution in [-0.4, -0.2) is 31.7 Å². The largest absolute Gasteiger partial charge is 0.372 e. The highest BCUT2D eigenvalue weighted by atomic mass is 16.5. The summed E-state index contributed by atoms with van der Waals surface area (Å²) in [5.74, 6) is 0.528. The Morgan fingerprint density at radius 2 is 2.20 bits per heavy atom. The fraction of sp³-hybridized carbons (Fsp3) is 0.909. The van der Waals surface area contributed by atoms with Crippen LogP contribution in [0, 0.1) is 5.92 Å². The van der Waals surface area contributed by atoms with Gasteiger partial charge in [-0.1, -0.05) is 12.8 Å². The lowest BCUT2D eigenvalue weighted by molar-refractivity contribution is -0.126. The molecule has 0 aromatic rings. The van der Waals surface area contributed by atoms with Gasteiger partial charge in [0.05, 0.1) is 0 Å². The van der Waals surface area contributed by atoms with Crippen molar-refractivity contribution in [1.82, 2.24) is 5.32 Å². The summed E-state index contributed by atoms with van der Waals surface area (Å²) >= 11 is 0. The van der Waals surface area contributed by atoms with Crippen LogP contribution < -0.4 is 11.1 Å². The molecule has 4 heteroatoms. The van der Waals surface area contributed by atoms with Crippen molar-refractivity contribution in [3.8, 4) is 0 Å². The summed E-state index contributed by atoms with van der Waals surface area (Å²) in [6.45, 7) is 3.14. The predicted molar refractivity (Wildman–Crippen MR) is 59.4 cm³/mol. The summed E-state index contributed by atoms with van der Waals surface area (Å²) in [6.07, 6.45) is 4.92. The first-order valence-electron chi connectivity index (χ1n) is 5.85. The summed E-state index contributed by atoms with van der Waals surface area (Å²) in [7, 11) is 0. The topological polar surface area (TPSA) is 64.3 Å². The summed E-state index contributed by atoms with van der Waals surface area (Å²) in [5, 5.41) is 2.95. The number of nitrogens with one attached hydrogen (secondary N) is 1. The Labute approximate surface area is 91.5 Å². The van der Waals surface area contributed by atoms with Gasteiger partial charge in [0.1, 0.15) is 6.61 Å². The van der Waals surface area contributed by atoms with E-state index in [9.17, 15) is 4.79 Å². The second-order valence-corrected chi connectivity index (χ2v) is 4.09. The first-order chi connectivity index (χ1) is 7.27. The van der Waals surface area contributed by atoms with Crippen LogP contribution in [0.25, 0.3) is 0 Å². The molecule has 0 saturated heterocycles. The zero-order chi connectivity index (χ0) is 11.1. The van der Waals surface area contributed by atoms with Crippen molar-refractivity contribution >= 4 is 5.91 Å². The minimum atomic E-state index is -0.0424. The fourth-order valence-electron chi connectivity index (χ4n) is 2.17. The summed E-state index contributed by atoms with van der Waals surface area (Å²) in [5.41, 5.74) is 5.67. The van der Waals surface area contributed by atoms with Crippen LogP contribution in [0.5, 0.6) is 0 Å². The molecule has 1 atom stereocenters. The van der Waals surface area contributed by atoms with E-state index >= 15 is 0 Å². The molecule has 0 radical (unpaired) electrons. The van der Waals surface area contributed by atoms with Gasteiger partial charge in [-0.3, -0.25) is 4.79 Å². The van der Waals surface area contributed by atoms with Crippen molar-refractivity contribution in [3.05, 3.63) is 0 Å². The molecule has 0 spiro atoms. The zero-order valence-corrected chi connectivity index (χ0v) is 9.50. The van der Waals surface area contributed by atoms with Gasteiger partial charge in [-0.15, -0.1) is 0 Å². The minimum absolute atomic E-state index is 0.0424. The average molecular weight is 214 g/mol. The third-order valence-corrected chi connectivity index (χ3v) is 3.01. The first kappa shape index (κ1) is 12.5. The van der Waals surface area contributed by atoms with E-state index in [1.54, 1.807) is 0 Å². The molecule has 1 rings (SSSR count). The number of rotatable bonds is 6. The first-order valence-corrected chi connectivity index (χ1v) is 5.85. The van der Waals surface area contributed by atoms with Gasteiger partial charge in [0, 0.05) is 19.2 Å². The highest BCUT2D eigenvalue weighted by molar-refractivity contribution is 5.77. The lowest BCUT2D eigenvalue weighted by atomic mass is 9.98. The second kappa shape index (κ2) is 6.80. The molecule has 1 amide bonds. The van der Waals surface area contributed by atoms with Crippen LogP contribution in [0.3, 0.4) is 0 Å². The lowest BCUT2D eigenvalue weighted by Gasteiger charge is -2.22. The predicted octanol–water partition coefficient (Wildman–Crippen LogP) is 0.657.